The van der Waals surface area contributed by atoms with Gasteiger partial charge in [-0.1, -0.05) is 0 Å². The van der Waals surface area contributed by atoms with Crippen LogP contribution in [0.15, 0.2) is 47.6 Å². The number of nitrogens with two attached hydrogens (primary N) is 1. The van der Waals surface area contributed by atoms with E-state index in [-0.39, 0.29) is 24.7 Å². The first-order valence-corrected chi connectivity index (χ1v) is 12.0. The number of carbonyl (C=O) groups excluding carboxylic acids is 2. The summed E-state index contributed by atoms with van der Waals surface area (Å²) in [4.78, 5) is 25.3. The smallest absolute Gasteiger partial charge is 0.255 e. The number of aliphatic hydroxyl groups is 1. The van der Waals surface area contributed by atoms with Gasteiger partial charge in [0.15, 0.2) is 0 Å². The molecule has 2 aromatic heterocycles. The van der Waals surface area contributed by atoms with E-state index < -0.39 is 11.5 Å². The quantitative estimate of drug-likeness (QED) is 0.354. The van der Waals surface area contributed by atoms with Gasteiger partial charge in [0.1, 0.15) is 18.1 Å². The van der Waals surface area contributed by atoms with Gasteiger partial charge in [0.2, 0.25) is 0 Å². The van der Waals surface area contributed by atoms with Crippen molar-refractivity contribution in [1.82, 2.24) is 14.9 Å². The number of benzene rings is 1. The third-order valence-electron chi connectivity index (χ3n) is 5.86. The van der Waals surface area contributed by atoms with Gasteiger partial charge in [0.05, 0.1) is 40.7 Å². The highest BCUT2D eigenvalue weighted by Gasteiger charge is 2.26. The number of hydrogen-bond donors (Lipinski definition) is 4. The third kappa shape index (κ3) is 6.26. The summed E-state index contributed by atoms with van der Waals surface area (Å²) in [6.45, 7) is 3.47. The maximum Gasteiger partial charge on any atom is 0.255 e. The number of nitrogens with one attached hydrogen (secondary N) is 1. The summed E-state index contributed by atoms with van der Waals surface area (Å²) in [5.74, 6) is 0.262. The topological polar surface area (TPSA) is 128 Å². The van der Waals surface area contributed by atoms with Crippen molar-refractivity contribution >= 4 is 30.0 Å². The van der Waals surface area contributed by atoms with Crippen molar-refractivity contribution in [3.8, 4) is 11.5 Å². The minimum Gasteiger partial charge on any atom is -0.490 e. The van der Waals surface area contributed by atoms with Gasteiger partial charge in [-0.3, -0.25) is 9.59 Å². The second-order valence-corrected chi connectivity index (χ2v) is 9.98. The molecule has 0 atom stereocenters. The zero-order valence-electron chi connectivity index (χ0n) is 19.7. The lowest BCUT2D eigenvalue weighted by atomic mass is 9.92. The van der Waals surface area contributed by atoms with E-state index in [0.717, 1.165) is 25.7 Å². The molecule has 0 unspecified atom stereocenters. The van der Waals surface area contributed by atoms with E-state index in [1.165, 1.54) is 6.20 Å². The second-order valence-electron chi connectivity index (χ2n) is 9.46. The minimum absolute atomic E-state index is 0.0125. The average Bonchev–Trinajstić information content (AvgIpc) is 3.22. The molecule has 0 aliphatic heterocycles. The number of aromatic nitrogens is 2. The fourth-order valence-corrected chi connectivity index (χ4v) is 4.26. The number of thiol groups is 1. The highest BCUT2D eigenvalue weighted by molar-refractivity contribution is 7.80. The van der Waals surface area contributed by atoms with Gasteiger partial charge in [-0.05, 0) is 69.9 Å². The summed E-state index contributed by atoms with van der Waals surface area (Å²) in [5, 5.41) is 17.2. The number of primary amides is 1. The fraction of sp³-hybridized carbons (Fsp3) is 0.400. The van der Waals surface area contributed by atoms with Crippen LogP contribution in [0.25, 0.3) is 5.52 Å². The zero-order valence-corrected chi connectivity index (χ0v) is 20.6. The van der Waals surface area contributed by atoms with Crippen molar-refractivity contribution in [2.45, 2.75) is 62.2 Å². The summed E-state index contributed by atoms with van der Waals surface area (Å²) < 4.78 is 13.2. The van der Waals surface area contributed by atoms with Crippen LogP contribution in [-0.2, 0) is 0 Å². The summed E-state index contributed by atoms with van der Waals surface area (Å²) in [6, 6.07) is 8.56. The van der Waals surface area contributed by atoms with Gasteiger partial charge < -0.3 is 25.6 Å². The van der Waals surface area contributed by atoms with Crippen LogP contribution in [-0.4, -0.2) is 50.9 Å². The van der Waals surface area contributed by atoms with Crippen molar-refractivity contribution in [3.63, 3.8) is 0 Å². The van der Waals surface area contributed by atoms with Crippen LogP contribution in [0.2, 0.25) is 0 Å². The molecule has 0 saturated heterocycles. The Labute approximate surface area is 209 Å². The summed E-state index contributed by atoms with van der Waals surface area (Å²) in [5.41, 5.74) is 5.99. The monoisotopic (exact) mass is 498 g/mol. The zero-order chi connectivity index (χ0) is 25.2. The van der Waals surface area contributed by atoms with E-state index >= 15 is 0 Å². The van der Waals surface area contributed by atoms with E-state index in [0.29, 0.717) is 33.0 Å². The first-order valence-electron chi connectivity index (χ1n) is 11.5. The Morgan fingerprint density at radius 2 is 1.94 bits per heavy atom. The molecule has 0 spiro atoms. The number of hydrogen-bond acceptors (Lipinski definition) is 7. The molecule has 0 radical (unpaired) electrons. The van der Waals surface area contributed by atoms with E-state index in [2.05, 4.69) is 23.0 Å². The predicted octanol–water partition coefficient (Wildman–Crippen LogP) is 2.99. The standard InChI is InChI=1S/C25H30N4O5S/c1-25(2,32)14-33-17-7-10-21-20(12-27-29(21)13-17)24(31)28-15-3-5-16(6-4-15)34-22-11-18(35)8-9-19(22)23(26)30/h7-13,15-16,32,35H,3-6,14H2,1-2H3,(H2,26,30)(H,28,31). The average molecular weight is 499 g/mol. The highest BCUT2D eigenvalue weighted by Crippen LogP contribution is 2.28. The van der Waals surface area contributed by atoms with Crippen LogP contribution >= 0.6 is 12.6 Å². The fourth-order valence-electron chi connectivity index (χ4n) is 4.07. The molecule has 35 heavy (non-hydrogen) atoms. The molecule has 9 nitrogen and oxygen atoms in total. The molecule has 1 aromatic carbocycles. The number of amides is 2. The van der Waals surface area contributed by atoms with Crippen molar-refractivity contribution in [3.05, 3.63) is 53.9 Å². The molecule has 10 heteroatoms. The number of pyridine rings is 1. The Morgan fingerprint density at radius 1 is 1.20 bits per heavy atom. The Kier molecular flexibility index (Phi) is 7.23. The third-order valence-corrected chi connectivity index (χ3v) is 6.14. The highest BCUT2D eigenvalue weighted by atomic mass is 32.1. The second kappa shape index (κ2) is 10.2. The van der Waals surface area contributed by atoms with Crippen LogP contribution in [0, 0.1) is 0 Å². The molecule has 4 N–H and O–H groups in total. The van der Waals surface area contributed by atoms with Crippen molar-refractivity contribution in [2.75, 3.05) is 6.61 Å². The summed E-state index contributed by atoms with van der Waals surface area (Å²) >= 11 is 4.32. The first kappa shape index (κ1) is 24.9. The van der Waals surface area contributed by atoms with E-state index in [4.69, 9.17) is 15.2 Å². The maximum absolute atomic E-state index is 12.9. The van der Waals surface area contributed by atoms with Crippen molar-refractivity contribution < 1.29 is 24.2 Å². The Bertz CT molecular complexity index is 1230. The van der Waals surface area contributed by atoms with E-state index in [1.54, 1.807) is 54.9 Å². The van der Waals surface area contributed by atoms with Crippen LogP contribution in [0.3, 0.4) is 0 Å². The molecule has 4 rings (SSSR count). The van der Waals surface area contributed by atoms with Crippen LogP contribution in [0.1, 0.15) is 60.2 Å². The normalized spacial score (nSPS) is 18.3. The molecule has 2 heterocycles. The van der Waals surface area contributed by atoms with Gasteiger partial charge >= 0.3 is 0 Å². The largest absolute Gasteiger partial charge is 0.490 e. The Morgan fingerprint density at radius 3 is 2.63 bits per heavy atom. The molecule has 1 aliphatic rings. The lowest BCUT2D eigenvalue weighted by molar-refractivity contribution is 0.0283. The lowest BCUT2D eigenvalue weighted by Gasteiger charge is -2.30. The maximum atomic E-state index is 12.9. The molecule has 186 valence electrons. The van der Waals surface area contributed by atoms with Gasteiger partial charge in [0.25, 0.3) is 11.8 Å². The van der Waals surface area contributed by atoms with Gasteiger partial charge in [-0.15, -0.1) is 12.6 Å². The molecule has 2 amide bonds. The van der Waals surface area contributed by atoms with E-state index in [1.807, 2.05) is 0 Å². The van der Waals surface area contributed by atoms with Gasteiger partial charge in [-0.2, -0.15) is 5.10 Å². The van der Waals surface area contributed by atoms with Crippen molar-refractivity contribution in [1.29, 1.82) is 0 Å². The molecule has 3 aromatic rings. The van der Waals surface area contributed by atoms with Crippen LogP contribution in [0.5, 0.6) is 11.5 Å². The van der Waals surface area contributed by atoms with Crippen molar-refractivity contribution in [2.24, 2.45) is 5.73 Å². The number of fused-ring (bicyclic) bond motifs is 1. The Balaban J connectivity index is 1.34. The molecule has 1 fully saturated rings. The minimum atomic E-state index is -0.949. The van der Waals surface area contributed by atoms with Crippen LogP contribution in [0.4, 0.5) is 0 Å². The predicted molar refractivity (Wildman–Crippen MR) is 133 cm³/mol. The Hall–Kier alpha value is -3.24. The lowest BCUT2D eigenvalue weighted by Crippen LogP contribution is -2.39. The number of rotatable bonds is 8. The first-order chi connectivity index (χ1) is 16.6. The molecule has 1 aliphatic carbocycles. The molecular formula is C25H30N4O5S. The molecule has 0 bridgehead atoms. The van der Waals surface area contributed by atoms with Gasteiger partial charge in [-0.25, -0.2) is 4.52 Å². The number of ether oxygens (including phenoxy) is 2. The van der Waals surface area contributed by atoms with E-state index in [9.17, 15) is 14.7 Å². The molecule has 1 saturated carbocycles. The van der Waals surface area contributed by atoms with Gasteiger partial charge in [0, 0.05) is 10.9 Å². The molecular weight excluding hydrogens is 468 g/mol. The number of carbonyl (C=O) groups is 2. The summed E-state index contributed by atoms with van der Waals surface area (Å²) in [7, 11) is 0. The van der Waals surface area contributed by atoms with Crippen LogP contribution < -0.4 is 20.5 Å². The number of nitrogens with zero attached hydrogens (tertiary/aromatic N) is 2. The SMILES string of the molecule is CC(C)(O)COc1ccc2c(C(=O)NC3CCC(Oc4cc(S)ccc4C(N)=O)CC3)cnn2c1. The summed E-state index contributed by atoms with van der Waals surface area (Å²) in [6.07, 6.45) is 6.10.